The predicted octanol–water partition coefficient (Wildman–Crippen LogP) is 0.512. The van der Waals surface area contributed by atoms with Crippen LogP contribution in [0.2, 0.25) is 0 Å². The van der Waals surface area contributed by atoms with Gasteiger partial charge in [0.05, 0.1) is 12.4 Å². The fourth-order valence-electron chi connectivity index (χ4n) is 2.48. The van der Waals surface area contributed by atoms with Crippen molar-refractivity contribution < 1.29 is 9.90 Å². The van der Waals surface area contributed by atoms with Crippen LogP contribution in [0.1, 0.15) is 12.8 Å². The summed E-state index contributed by atoms with van der Waals surface area (Å²) in [7, 11) is 4.06. The quantitative estimate of drug-likeness (QED) is 0.782. The van der Waals surface area contributed by atoms with E-state index in [2.05, 4.69) is 4.90 Å². The molecule has 0 aromatic rings. The first-order valence-electron chi connectivity index (χ1n) is 6.05. The minimum atomic E-state index is -0.0142. The summed E-state index contributed by atoms with van der Waals surface area (Å²) in [5.74, 6) is 0.800. The second kappa shape index (κ2) is 6.61. The number of aliphatic hydroxyl groups excluding tert-OH is 1. The number of rotatable bonds is 5. The molecule has 0 atom stereocenters. The standard InChI is InChI=1S/C12H24N2O2S/c1-13(2)9-12(10-15)4-6-14(7-5-12)11(16)8-17-3/h15H,4-10H2,1-3H3. The minimum Gasteiger partial charge on any atom is -0.396 e. The van der Waals surface area contributed by atoms with Gasteiger partial charge in [0.2, 0.25) is 5.91 Å². The van der Waals surface area contributed by atoms with Gasteiger partial charge in [-0.15, -0.1) is 0 Å². The summed E-state index contributed by atoms with van der Waals surface area (Å²) in [4.78, 5) is 15.8. The van der Waals surface area contributed by atoms with Crippen molar-refractivity contribution in [3.8, 4) is 0 Å². The van der Waals surface area contributed by atoms with Crippen LogP contribution in [-0.4, -0.2) is 73.2 Å². The van der Waals surface area contributed by atoms with E-state index in [0.29, 0.717) is 5.75 Å². The third-order valence-corrected chi connectivity index (χ3v) is 3.97. The molecule has 1 heterocycles. The molecule has 1 fully saturated rings. The van der Waals surface area contributed by atoms with Gasteiger partial charge in [-0.1, -0.05) is 0 Å². The molecule has 1 aliphatic heterocycles. The van der Waals surface area contributed by atoms with Crippen molar-refractivity contribution in [3.63, 3.8) is 0 Å². The van der Waals surface area contributed by atoms with E-state index < -0.39 is 0 Å². The molecule has 0 saturated carbocycles. The Bertz CT molecular complexity index is 251. The average molecular weight is 260 g/mol. The Hall–Kier alpha value is -0.260. The van der Waals surface area contributed by atoms with E-state index in [0.717, 1.165) is 32.5 Å². The van der Waals surface area contributed by atoms with Gasteiger partial charge in [0.25, 0.3) is 0 Å². The first-order chi connectivity index (χ1) is 8.03. The van der Waals surface area contributed by atoms with Crippen molar-refractivity contribution in [1.82, 2.24) is 9.80 Å². The lowest BCUT2D eigenvalue weighted by Gasteiger charge is -2.42. The van der Waals surface area contributed by atoms with Crippen molar-refractivity contribution in [2.45, 2.75) is 12.8 Å². The highest BCUT2D eigenvalue weighted by atomic mass is 32.2. The number of piperidine rings is 1. The molecule has 4 nitrogen and oxygen atoms in total. The van der Waals surface area contributed by atoms with Crippen LogP contribution in [0.15, 0.2) is 0 Å². The number of hydrogen-bond acceptors (Lipinski definition) is 4. The first-order valence-corrected chi connectivity index (χ1v) is 7.45. The summed E-state index contributed by atoms with van der Waals surface area (Å²) in [5.41, 5.74) is -0.0142. The summed E-state index contributed by atoms with van der Waals surface area (Å²) in [6.07, 6.45) is 3.76. The molecule has 100 valence electrons. The third-order valence-electron chi connectivity index (χ3n) is 3.43. The van der Waals surface area contributed by atoms with E-state index in [1.54, 1.807) is 11.8 Å². The van der Waals surface area contributed by atoms with Gasteiger partial charge in [-0.2, -0.15) is 11.8 Å². The Kier molecular flexibility index (Phi) is 5.76. The number of carbonyl (C=O) groups excluding carboxylic acids is 1. The molecule has 0 unspecified atom stereocenters. The zero-order valence-electron chi connectivity index (χ0n) is 11.1. The summed E-state index contributed by atoms with van der Waals surface area (Å²) >= 11 is 1.57. The number of hydrogen-bond donors (Lipinski definition) is 1. The Morgan fingerprint density at radius 3 is 2.41 bits per heavy atom. The lowest BCUT2D eigenvalue weighted by Crippen LogP contribution is -2.49. The molecule has 17 heavy (non-hydrogen) atoms. The van der Waals surface area contributed by atoms with Crippen molar-refractivity contribution in [2.75, 3.05) is 52.3 Å². The first kappa shape index (κ1) is 14.8. The lowest BCUT2D eigenvalue weighted by atomic mass is 9.78. The maximum absolute atomic E-state index is 11.8. The summed E-state index contributed by atoms with van der Waals surface area (Å²) < 4.78 is 0. The topological polar surface area (TPSA) is 43.8 Å². The fourth-order valence-corrected chi connectivity index (χ4v) is 2.91. The minimum absolute atomic E-state index is 0.0142. The van der Waals surface area contributed by atoms with Crippen LogP contribution in [0.5, 0.6) is 0 Å². The Morgan fingerprint density at radius 1 is 1.41 bits per heavy atom. The number of thioether (sulfide) groups is 1. The largest absolute Gasteiger partial charge is 0.396 e. The van der Waals surface area contributed by atoms with Gasteiger partial charge < -0.3 is 14.9 Å². The molecule has 0 bridgehead atoms. The molecule has 0 aromatic heterocycles. The number of nitrogens with zero attached hydrogens (tertiary/aromatic N) is 2. The molecule has 1 N–H and O–H groups in total. The molecule has 0 aromatic carbocycles. The molecule has 0 aliphatic carbocycles. The van der Waals surface area contributed by atoms with Crippen molar-refractivity contribution in [3.05, 3.63) is 0 Å². The van der Waals surface area contributed by atoms with Gasteiger partial charge in [0.15, 0.2) is 0 Å². The monoisotopic (exact) mass is 260 g/mol. The Balaban J connectivity index is 2.50. The highest BCUT2D eigenvalue weighted by molar-refractivity contribution is 7.99. The van der Waals surface area contributed by atoms with E-state index in [4.69, 9.17) is 0 Å². The van der Waals surface area contributed by atoms with E-state index in [9.17, 15) is 9.90 Å². The maximum atomic E-state index is 11.8. The maximum Gasteiger partial charge on any atom is 0.232 e. The second-order valence-electron chi connectivity index (χ2n) is 5.21. The normalized spacial score (nSPS) is 19.7. The van der Waals surface area contributed by atoms with E-state index in [1.165, 1.54) is 0 Å². The summed E-state index contributed by atoms with van der Waals surface area (Å²) in [6.45, 7) is 2.69. The number of aliphatic hydroxyl groups is 1. The van der Waals surface area contributed by atoms with E-state index in [-0.39, 0.29) is 17.9 Å². The molecule has 1 saturated heterocycles. The van der Waals surface area contributed by atoms with Gasteiger partial charge in [-0.3, -0.25) is 4.79 Å². The number of likely N-dealkylation sites (tertiary alicyclic amines) is 1. The van der Waals surface area contributed by atoms with Crippen LogP contribution in [0.25, 0.3) is 0 Å². The lowest BCUT2D eigenvalue weighted by molar-refractivity contribution is -0.131. The predicted molar refractivity (Wildman–Crippen MR) is 72.3 cm³/mol. The van der Waals surface area contributed by atoms with Gasteiger partial charge in [-0.25, -0.2) is 0 Å². The average Bonchev–Trinajstić information content (AvgIpc) is 2.29. The number of amides is 1. The summed E-state index contributed by atoms with van der Waals surface area (Å²) in [6, 6.07) is 0. The molecule has 0 spiro atoms. The van der Waals surface area contributed by atoms with E-state index >= 15 is 0 Å². The van der Waals surface area contributed by atoms with Crippen LogP contribution >= 0.6 is 11.8 Å². The Labute approximate surface area is 108 Å². The van der Waals surface area contributed by atoms with Crippen LogP contribution in [-0.2, 0) is 4.79 Å². The van der Waals surface area contributed by atoms with Crippen LogP contribution < -0.4 is 0 Å². The molecule has 5 heteroatoms. The Morgan fingerprint density at radius 2 is 2.00 bits per heavy atom. The molecule has 1 amide bonds. The zero-order valence-corrected chi connectivity index (χ0v) is 11.9. The van der Waals surface area contributed by atoms with Crippen molar-refractivity contribution in [2.24, 2.45) is 5.41 Å². The van der Waals surface area contributed by atoms with Gasteiger partial charge >= 0.3 is 0 Å². The van der Waals surface area contributed by atoms with Crippen LogP contribution in [0.4, 0.5) is 0 Å². The zero-order chi connectivity index (χ0) is 12.9. The van der Waals surface area contributed by atoms with Crippen LogP contribution in [0, 0.1) is 5.41 Å². The highest BCUT2D eigenvalue weighted by Gasteiger charge is 2.35. The van der Waals surface area contributed by atoms with Gasteiger partial charge in [0, 0.05) is 25.0 Å². The molecular weight excluding hydrogens is 236 g/mol. The third kappa shape index (κ3) is 4.16. The SMILES string of the molecule is CSCC(=O)N1CCC(CO)(CN(C)C)CC1. The molecule has 1 aliphatic rings. The van der Waals surface area contributed by atoms with Crippen molar-refractivity contribution >= 4 is 17.7 Å². The van der Waals surface area contributed by atoms with Gasteiger partial charge in [0.1, 0.15) is 0 Å². The van der Waals surface area contributed by atoms with E-state index in [1.807, 2.05) is 25.3 Å². The van der Waals surface area contributed by atoms with Crippen LogP contribution in [0.3, 0.4) is 0 Å². The number of carbonyl (C=O) groups is 1. The highest BCUT2D eigenvalue weighted by Crippen LogP contribution is 2.31. The fraction of sp³-hybridized carbons (Fsp3) is 0.917. The molecule has 1 rings (SSSR count). The molecular formula is C12H24N2O2S. The molecule has 0 radical (unpaired) electrons. The summed E-state index contributed by atoms with van der Waals surface area (Å²) in [5, 5.41) is 9.58. The van der Waals surface area contributed by atoms with Crippen molar-refractivity contribution in [1.29, 1.82) is 0 Å². The second-order valence-corrected chi connectivity index (χ2v) is 6.08. The van der Waals surface area contributed by atoms with Gasteiger partial charge in [-0.05, 0) is 33.2 Å². The smallest absolute Gasteiger partial charge is 0.232 e.